The number of rotatable bonds is 6. The van der Waals surface area contributed by atoms with E-state index in [9.17, 15) is 0 Å². The van der Waals surface area contributed by atoms with Gasteiger partial charge in [0.25, 0.3) is 0 Å². The summed E-state index contributed by atoms with van der Waals surface area (Å²) in [6, 6.07) is 12.1. The number of benzene rings is 2. The van der Waals surface area contributed by atoms with E-state index in [1.807, 2.05) is 43.3 Å². The van der Waals surface area contributed by atoms with Gasteiger partial charge in [0.1, 0.15) is 12.4 Å². The van der Waals surface area contributed by atoms with Crippen molar-refractivity contribution < 1.29 is 14.2 Å². The highest BCUT2D eigenvalue weighted by Gasteiger charge is 2.17. The van der Waals surface area contributed by atoms with Gasteiger partial charge in [0.05, 0.1) is 14.2 Å². The topological polar surface area (TPSA) is 27.7 Å². The summed E-state index contributed by atoms with van der Waals surface area (Å²) in [5.74, 6) is 2.36. The van der Waals surface area contributed by atoms with Crippen molar-refractivity contribution in [3.63, 3.8) is 0 Å². The van der Waals surface area contributed by atoms with Crippen molar-refractivity contribution in [3.8, 4) is 17.2 Å². The summed E-state index contributed by atoms with van der Waals surface area (Å²) in [4.78, 5) is 0. The van der Waals surface area contributed by atoms with Gasteiger partial charge in [-0.05, 0) is 18.6 Å². The quantitative estimate of drug-likeness (QED) is 0.529. The van der Waals surface area contributed by atoms with E-state index in [2.05, 4.69) is 22.6 Å². The molecule has 0 unspecified atom stereocenters. The molecule has 0 saturated carbocycles. The van der Waals surface area contributed by atoms with E-state index in [1.54, 1.807) is 14.2 Å². The number of halogens is 1. The third kappa shape index (κ3) is 3.61. The predicted molar refractivity (Wildman–Crippen MR) is 92.8 cm³/mol. The van der Waals surface area contributed by atoms with Crippen molar-refractivity contribution >= 4 is 22.6 Å². The Morgan fingerprint density at radius 3 is 2.24 bits per heavy atom. The van der Waals surface area contributed by atoms with Gasteiger partial charge in [-0.1, -0.05) is 52.9 Å². The SMILES string of the molecule is COc1c(CI)cc(OCc2ccccc2)c(OC)c1C. The van der Waals surface area contributed by atoms with Crippen LogP contribution in [0.3, 0.4) is 0 Å². The van der Waals surface area contributed by atoms with E-state index in [0.29, 0.717) is 6.61 Å². The van der Waals surface area contributed by atoms with Gasteiger partial charge in [0.2, 0.25) is 0 Å². The van der Waals surface area contributed by atoms with Crippen LogP contribution in [0, 0.1) is 6.92 Å². The lowest BCUT2D eigenvalue weighted by atomic mass is 10.1. The Labute approximate surface area is 139 Å². The molecule has 2 aromatic carbocycles. The van der Waals surface area contributed by atoms with Crippen LogP contribution in [0.4, 0.5) is 0 Å². The lowest BCUT2D eigenvalue weighted by Crippen LogP contribution is -2.02. The molecule has 0 saturated heterocycles. The summed E-state index contributed by atoms with van der Waals surface area (Å²) >= 11 is 2.32. The van der Waals surface area contributed by atoms with Gasteiger partial charge in [0.15, 0.2) is 11.5 Å². The zero-order chi connectivity index (χ0) is 15.2. The number of methoxy groups -OCH3 is 2. The Morgan fingerprint density at radius 1 is 1.00 bits per heavy atom. The molecule has 0 heterocycles. The molecule has 0 bridgehead atoms. The van der Waals surface area contributed by atoms with E-state index < -0.39 is 0 Å². The third-order valence-electron chi connectivity index (χ3n) is 3.29. The molecule has 112 valence electrons. The van der Waals surface area contributed by atoms with Crippen molar-refractivity contribution in [2.45, 2.75) is 18.0 Å². The normalized spacial score (nSPS) is 10.3. The Kier molecular flexibility index (Phi) is 5.73. The highest BCUT2D eigenvalue weighted by molar-refractivity contribution is 14.1. The smallest absolute Gasteiger partial charge is 0.167 e. The molecular formula is C17H19IO3. The van der Waals surface area contributed by atoms with Gasteiger partial charge >= 0.3 is 0 Å². The molecular weight excluding hydrogens is 379 g/mol. The maximum absolute atomic E-state index is 5.95. The first kappa shape index (κ1) is 15.9. The molecule has 0 aromatic heterocycles. The van der Waals surface area contributed by atoms with Crippen molar-refractivity contribution in [2.75, 3.05) is 14.2 Å². The van der Waals surface area contributed by atoms with Crippen molar-refractivity contribution in [1.29, 1.82) is 0 Å². The summed E-state index contributed by atoms with van der Waals surface area (Å²) in [5, 5.41) is 0. The second-order valence-corrected chi connectivity index (χ2v) is 5.40. The first-order valence-corrected chi connectivity index (χ1v) is 8.21. The fraction of sp³-hybridized carbons (Fsp3) is 0.294. The largest absolute Gasteiger partial charge is 0.496 e. The van der Waals surface area contributed by atoms with E-state index in [4.69, 9.17) is 14.2 Å². The van der Waals surface area contributed by atoms with Gasteiger partial charge in [-0.15, -0.1) is 0 Å². The lowest BCUT2D eigenvalue weighted by molar-refractivity contribution is 0.281. The minimum Gasteiger partial charge on any atom is -0.496 e. The van der Waals surface area contributed by atoms with Crippen molar-refractivity contribution in [1.82, 2.24) is 0 Å². The molecule has 0 amide bonds. The van der Waals surface area contributed by atoms with Crippen LogP contribution in [0.15, 0.2) is 36.4 Å². The number of hydrogen-bond acceptors (Lipinski definition) is 3. The Balaban J connectivity index is 2.32. The monoisotopic (exact) mass is 398 g/mol. The molecule has 0 spiro atoms. The molecule has 0 fully saturated rings. The minimum absolute atomic E-state index is 0.518. The summed E-state index contributed by atoms with van der Waals surface area (Å²) in [6.07, 6.45) is 0. The van der Waals surface area contributed by atoms with E-state index in [-0.39, 0.29) is 0 Å². The molecule has 21 heavy (non-hydrogen) atoms. The molecule has 2 rings (SSSR count). The van der Waals surface area contributed by atoms with Crippen molar-refractivity contribution in [3.05, 3.63) is 53.1 Å². The first-order chi connectivity index (χ1) is 10.2. The van der Waals surface area contributed by atoms with E-state index >= 15 is 0 Å². The van der Waals surface area contributed by atoms with Gasteiger partial charge in [-0.2, -0.15) is 0 Å². The van der Waals surface area contributed by atoms with Crippen LogP contribution < -0.4 is 14.2 Å². The molecule has 0 atom stereocenters. The molecule has 3 nitrogen and oxygen atoms in total. The highest BCUT2D eigenvalue weighted by atomic mass is 127. The fourth-order valence-electron chi connectivity index (χ4n) is 2.30. The van der Waals surface area contributed by atoms with E-state index in [0.717, 1.165) is 38.4 Å². The number of ether oxygens (including phenoxy) is 3. The molecule has 2 aromatic rings. The predicted octanol–water partition coefficient (Wildman–Crippen LogP) is 4.53. The van der Waals surface area contributed by atoms with Crippen LogP contribution in [0.5, 0.6) is 17.2 Å². The maximum atomic E-state index is 5.95. The molecule has 0 aliphatic heterocycles. The summed E-state index contributed by atoms with van der Waals surface area (Å²) in [7, 11) is 3.34. The zero-order valence-electron chi connectivity index (χ0n) is 12.5. The first-order valence-electron chi connectivity index (χ1n) is 6.68. The van der Waals surface area contributed by atoms with Crippen LogP contribution in [0.25, 0.3) is 0 Å². The zero-order valence-corrected chi connectivity index (χ0v) is 14.6. The van der Waals surface area contributed by atoms with Crippen molar-refractivity contribution in [2.24, 2.45) is 0 Å². The highest BCUT2D eigenvalue weighted by Crippen LogP contribution is 2.40. The van der Waals surface area contributed by atoms with Gasteiger partial charge in [-0.3, -0.25) is 0 Å². The Morgan fingerprint density at radius 2 is 1.67 bits per heavy atom. The van der Waals surface area contributed by atoms with Crippen LogP contribution in [0.2, 0.25) is 0 Å². The summed E-state index contributed by atoms with van der Waals surface area (Å²) < 4.78 is 17.8. The molecule has 4 heteroatoms. The van der Waals surface area contributed by atoms with Crippen LogP contribution >= 0.6 is 22.6 Å². The average molecular weight is 398 g/mol. The van der Waals surface area contributed by atoms with Gasteiger partial charge in [-0.25, -0.2) is 0 Å². The molecule has 0 radical (unpaired) electrons. The summed E-state index contributed by atoms with van der Waals surface area (Å²) in [5.41, 5.74) is 3.21. The van der Waals surface area contributed by atoms with Gasteiger partial charge in [0, 0.05) is 15.6 Å². The van der Waals surface area contributed by atoms with Crippen LogP contribution in [-0.2, 0) is 11.0 Å². The number of hydrogen-bond donors (Lipinski definition) is 0. The maximum Gasteiger partial charge on any atom is 0.167 e. The Hall–Kier alpha value is -1.43. The van der Waals surface area contributed by atoms with Gasteiger partial charge < -0.3 is 14.2 Å². The second-order valence-electron chi connectivity index (χ2n) is 4.63. The third-order valence-corrected chi connectivity index (χ3v) is 4.11. The molecule has 0 aliphatic carbocycles. The second kappa shape index (κ2) is 7.54. The summed E-state index contributed by atoms with van der Waals surface area (Å²) in [6.45, 7) is 2.51. The Bertz CT molecular complexity index is 597. The molecule has 0 N–H and O–H groups in total. The lowest BCUT2D eigenvalue weighted by Gasteiger charge is -2.18. The number of alkyl halides is 1. The van der Waals surface area contributed by atoms with Crippen LogP contribution in [0.1, 0.15) is 16.7 Å². The van der Waals surface area contributed by atoms with Crippen LogP contribution in [-0.4, -0.2) is 14.2 Å². The van der Waals surface area contributed by atoms with E-state index in [1.165, 1.54) is 0 Å². The average Bonchev–Trinajstić information content (AvgIpc) is 2.53. The molecule has 0 aliphatic rings. The minimum atomic E-state index is 0.518. The fourth-order valence-corrected chi connectivity index (χ4v) is 2.86. The standard InChI is InChI=1S/C17H19IO3/c1-12-16(19-2)14(10-18)9-15(17(12)20-3)21-11-13-7-5-4-6-8-13/h4-9H,10-11H2,1-3H3.